The van der Waals surface area contributed by atoms with Crippen LogP contribution in [0, 0.1) is 0 Å². The molecule has 4 rings (SSSR count). The minimum absolute atomic E-state index is 0.0458. The summed E-state index contributed by atoms with van der Waals surface area (Å²) in [5, 5.41) is 13.3. The van der Waals surface area contributed by atoms with Crippen LogP contribution in [0.3, 0.4) is 0 Å². The van der Waals surface area contributed by atoms with E-state index in [1.165, 1.54) is 7.11 Å². The van der Waals surface area contributed by atoms with Crippen LogP contribution in [0.1, 0.15) is 52.2 Å². The van der Waals surface area contributed by atoms with Crippen LogP contribution in [0.5, 0.6) is 5.75 Å². The van der Waals surface area contributed by atoms with Crippen LogP contribution in [0.25, 0.3) is 0 Å². The summed E-state index contributed by atoms with van der Waals surface area (Å²) in [6.07, 6.45) is 1.36. The van der Waals surface area contributed by atoms with E-state index in [0.717, 1.165) is 11.1 Å². The normalized spacial score (nSPS) is 18.4. The Morgan fingerprint density at radius 1 is 1.00 bits per heavy atom. The molecule has 0 bridgehead atoms. The van der Waals surface area contributed by atoms with Crippen molar-refractivity contribution < 1.29 is 24.2 Å². The van der Waals surface area contributed by atoms with Crippen molar-refractivity contribution in [3.05, 3.63) is 101 Å². The number of carboxylic acids is 1. The Morgan fingerprint density at radius 3 is 2.41 bits per heavy atom. The van der Waals surface area contributed by atoms with Crippen LogP contribution in [-0.4, -0.2) is 55.0 Å². The van der Waals surface area contributed by atoms with Gasteiger partial charge in [-0.1, -0.05) is 66.7 Å². The predicted octanol–water partition coefficient (Wildman–Crippen LogP) is 4.22. The van der Waals surface area contributed by atoms with E-state index < -0.39 is 17.3 Å². The number of ether oxygens (including phenoxy) is 1. The molecule has 0 heterocycles. The number of rotatable bonds is 9. The fraction of sp³-hybridized carbons (Fsp3) is 0.300. The maximum atomic E-state index is 13.5. The quantitative estimate of drug-likeness (QED) is 0.429. The minimum Gasteiger partial charge on any atom is -0.496 e. The monoisotopic (exact) mass is 500 g/mol. The van der Waals surface area contributed by atoms with Gasteiger partial charge in [0.1, 0.15) is 11.2 Å². The number of amides is 2. The summed E-state index contributed by atoms with van der Waals surface area (Å²) in [6.45, 7) is 0.873. The van der Waals surface area contributed by atoms with E-state index in [1.807, 2.05) is 54.6 Å². The van der Waals surface area contributed by atoms with Crippen molar-refractivity contribution in [1.82, 2.24) is 10.2 Å². The highest BCUT2D eigenvalue weighted by Crippen LogP contribution is 2.47. The molecule has 2 atom stereocenters. The summed E-state index contributed by atoms with van der Waals surface area (Å²) in [4.78, 5) is 40.3. The van der Waals surface area contributed by atoms with Crippen molar-refractivity contribution in [2.75, 3.05) is 27.2 Å². The fourth-order valence-electron chi connectivity index (χ4n) is 5.29. The number of carbonyl (C=O) groups is 3. The largest absolute Gasteiger partial charge is 0.496 e. The van der Waals surface area contributed by atoms with Crippen molar-refractivity contribution >= 4 is 17.8 Å². The fourth-order valence-corrected chi connectivity index (χ4v) is 5.29. The SMILES string of the molecule is COc1ccccc1C(=O)NCCCN(C)C(=O)C1CCC(C(=O)O)(c2ccccc2)c2ccccc21. The van der Waals surface area contributed by atoms with E-state index in [2.05, 4.69) is 5.32 Å². The average Bonchev–Trinajstić information content (AvgIpc) is 2.94. The van der Waals surface area contributed by atoms with E-state index in [-0.39, 0.29) is 11.8 Å². The molecule has 0 aromatic heterocycles. The molecule has 2 amide bonds. The number of carboxylic acid groups (broad SMARTS) is 1. The second-order valence-corrected chi connectivity index (χ2v) is 9.32. The first-order valence-corrected chi connectivity index (χ1v) is 12.4. The van der Waals surface area contributed by atoms with Gasteiger partial charge in [-0.05, 0) is 48.1 Å². The standard InChI is InChI=1S/C30H32N2O5/c1-32(20-10-19-31-27(33)24-14-7-9-16-26(24)37-2)28(34)23-17-18-30(29(35)36,21-11-4-3-5-12-21)25-15-8-6-13-22(23)25/h3-9,11-16,23H,10,17-20H2,1-2H3,(H,31,33)(H,35,36). The molecule has 7 heteroatoms. The summed E-state index contributed by atoms with van der Waals surface area (Å²) in [7, 11) is 3.28. The number of methoxy groups -OCH3 is 1. The van der Waals surface area contributed by atoms with Gasteiger partial charge in [0.25, 0.3) is 5.91 Å². The van der Waals surface area contributed by atoms with Gasteiger partial charge in [0.05, 0.1) is 18.6 Å². The van der Waals surface area contributed by atoms with Crippen LogP contribution in [-0.2, 0) is 15.0 Å². The molecule has 0 spiro atoms. The van der Waals surface area contributed by atoms with Gasteiger partial charge in [0.15, 0.2) is 0 Å². The molecular formula is C30H32N2O5. The lowest BCUT2D eigenvalue weighted by molar-refractivity contribution is -0.143. The molecule has 3 aromatic carbocycles. The zero-order valence-electron chi connectivity index (χ0n) is 21.1. The number of aliphatic carboxylic acids is 1. The van der Waals surface area contributed by atoms with Gasteiger partial charge in [-0.15, -0.1) is 0 Å². The highest BCUT2D eigenvalue weighted by atomic mass is 16.5. The van der Waals surface area contributed by atoms with E-state index in [1.54, 1.807) is 36.2 Å². The molecule has 37 heavy (non-hydrogen) atoms. The first-order chi connectivity index (χ1) is 17.9. The Kier molecular flexibility index (Phi) is 7.92. The van der Waals surface area contributed by atoms with Gasteiger partial charge >= 0.3 is 5.97 Å². The number of nitrogens with zero attached hydrogens (tertiary/aromatic N) is 1. The molecule has 0 aliphatic heterocycles. The Hall–Kier alpha value is -4.13. The minimum atomic E-state index is -1.18. The second kappa shape index (κ2) is 11.3. The Balaban J connectivity index is 1.44. The number of hydrogen-bond acceptors (Lipinski definition) is 4. The molecule has 2 N–H and O–H groups in total. The van der Waals surface area contributed by atoms with Crippen molar-refractivity contribution in [2.45, 2.75) is 30.6 Å². The van der Waals surface area contributed by atoms with Crippen molar-refractivity contribution in [3.8, 4) is 5.75 Å². The molecule has 0 saturated heterocycles. The number of hydrogen-bond donors (Lipinski definition) is 2. The predicted molar refractivity (Wildman–Crippen MR) is 141 cm³/mol. The molecule has 0 fully saturated rings. The number of fused-ring (bicyclic) bond motifs is 1. The molecule has 1 aliphatic rings. The molecule has 0 radical (unpaired) electrons. The maximum absolute atomic E-state index is 13.5. The summed E-state index contributed by atoms with van der Waals surface area (Å²) < 4.78 is 5.25. The maximum Gasteiger partial charge on any atom is 0.318 e. The van der Waals surface area contributed by atoms with Crippen LogP contribution in [0.4, 0.5) is 0 Å². The lowest BCUT2D eigenvalue weighted by Crippen LogP contribution is -2.44. The van der Waals surface area contributed by atoms with E-state index in [4.69, 9.17) is 4.74 Å². The topological polar surface area (TPSA) is 95.9 Å². The first kappa shape index (κ1) is 25.9. The third-order valence-corrected chi connectivity index (χ3v) is 7.22. The van der Waals surface area contributed by atoms with Gasteiger partial charge in [0.2, 0.25) is 5.91 Å². The van der Waals surface area contributed by atoms with E-state index in [9.17, 15) is 19.5 Å². The third-order valence-electron chi connectivity index (χ3n) is 7.22. The summed E-state index contributed by atoms with van der Waals surface area (Å²) >= 11 is 0. The van der Waals surface area contributed by atoms with Gasteiger partial charge < -0.3 is 20.1 Å². The Bertz CT molecular complexity index is 1280. The number of para-hydroxylation sites is 1. The van der Waals surface area contributed by atoms with Crippen molar-refractivity contribution in [1.29, 1.82) is 0 Å². The molecule has 2 unspecified atom stereocenters. The van der Waals surface area contributed by atoms with Crippen LogP contribution < -0.4 is 10.1 Å². The lowest BCUT2D eigenvalue weighted by Gasteiger charge is -2.40. The molecular weight excluding hydrogens is 468 g/mol. The zero-order chi connectivity index (χ0) is 26.4. The average molecular weight is 501 g/mol. The van der Waals surface area contributed by atoms with Gasteiger partial charge in [-0.2, -0.15) is 0 Å². The smallest absolute Gasteiger partial charge is 0.318 e. The van der Waals surface area contributed by atoms with Crippen LogP contribution in [0.2, 0.25) is 0 Å². The number of nitrogens with one attached hydrogen (secondary N) is 1. The van der Waals surface area contributed by atoms with Gasteiger partial charge in [-0.25, -0.2) is 0 Å². The summed E-state index contributed by atoms with van der Waals surface area (Å²) in [6, 6.07) is 23.7. The van der Waals surface area contributed by atoms with Gasteiger partial charge in [0, 0.05) is 20.1 Å². The summed E-state index contributed by atoms with van der Waals surface area (Å²) in [5.74, 6) is -1.08. The summed E-state index contributed by atoms with van der Waals surface area (Å²) in [5.41, 5.74) is 1.45. The molecule has 192 valence electrons. The van der Waals surface area contributed by atoms with E-state index >= 15 is 0 Å². The zero-order valence-corrected chi connectivity index (χ0v) is 21.1. The number of likely N-dealkylation sites (N-methyl/N-ethyl adjacent to an activating group) is 1. The molecule has 0 saturated carbocycles. The van der Waals surface area contributed by atoms with Gasteiger partial charge in [-0.3, -0.25) is 14.4 Å². The van der Waals surface area contributed by atoms with Crippen LogP contribution in [0.15, 0.2) is 78.9 Å². The van der Waals surface area contributed by atoms with Crippen molar-refractivity contribution in [3.63, 3.8) is 0 Å². The van der Waals surface area contributed by atoms with E-state index in [0.29, 0.717) is 49.2 Å². The number of benzene rings is 3. The molecule has 7 nitrogen and oxygen atoms in total. The Labute approximate surface area is 217 Å². The third kappa shape index (κ3) is 5.07. The Morgan fingerprint density at radius 2 is 1.68 bits per heavy atom. The first-order valence-electron chi connectivity index (χ1n) is 12.4. The van der Waals surface area contributed by atoms with Crippen molar-refractivity contribution in [2.24, 2.45) is 0 Å². The highest BCUT2D eigenvalue weighted by molar-refractivity contribution is 5.97. The number of carbonyl (C=O) groups excluding carboxylic acids is 2. The highest BCUT2D eigenvalue weighted by Gasteiger charge is 2.48. The van der Waals surface area contributed by atoms with Crippen LogP contribution >= 0.6 is 0 Å². The molecule has 1 aliphatic carbocycles. The second-order valence-electron chi connectivity index (χ2n) is 9.32. The lowest BCUT2D eigenvalue weighted by atomic mass is 9.63. The molecule has 3 aromatic rings.